The number of aryl methyl sites for hydroxylation is 1. The molecule has 0 aliphatic carbocycles. The fourth-order valence-electron chi connectivity index (χ4n) is 6.44. The second-order valence-corrected chi connectivity index (χ2v) is 13.4. The number of amides is 5. The van der Waals surface area contributed by atoms with Crippen LogP contribution in [0.5, 0.6) is 0 Å². The molecule has 2 fully saturated rings. The summed E-state index contributed by atoms with van der Waals surface area (Å²) in [4.78, 5) is 81.3. The molecule has 4 heterocycles. The van der Waals surface area contributed by atoms with Crippen LogP contribution in [0, 0.1) is 0 Å². The number of nitrogens with zero attached hydrogens (tertiary/aromatic N) is 3. The second kappa shape index (κ2) is 14.4. The highest BCUT2D eigenvalue weighted by molar-refractivity contribution is 7.20. The molecule has 0 spiro atoms. The first kappa shape index (κ1) is 33.6. The number of nitrogens with one attached hydrogen (secondary N) is 4. The monoisotopic (exact) mass is 687 g/mol. The van der Waals surface area contributed by atoms with Gasteiger partial charge in [0.15, 0.2) is 5.69 Å². The summed E-state index contributed by atoms with van der Waals surface area (Å²) in [7, 11) is 1.72. The van der Waals surface area contributed by atoms with Gasteiger partial charge in [-0.2, -0.15) is 5.10 Å². The van der Waals surface area contributed by atoms with E-state index in [9.17, 15) is 33.9 Å². The molecule has 0 bridgehead atoms. The number of para-hydroxylation sites is 1. The van der Waals surface area contributed by atoms with Crippen LogP contribution in [0.25, 0.3) is 21.0 Å². The number of hydrogen-bond donors (Lipinski definition) is 5. The number of rotatable bonds is 5. The second-order valence-electron chi connectivity index (χ2n) is 12.4. The predicted octanol–water partition coefficient (Wildman–Crippen LogP) is 1.94. The molecule has 4 atom stereocenters. The van der Waals surface area contributed by atoms with Crippen LogP contribution in [0.3, 0.4) is 0 Å². The van der Waals surface area contributed by atoms with Gasteiger partial charge in [0.05, 0.1) is 10.4 Å². The Bertz CT molecular complexity index is 1900. The zero-order valence-corrected chi connectivity index (χ0v) is 27.6. The summed E-state index contributed by atoms with van der Waals surface area (Å²) < 4.78 is 2.52. The van der Waals surface area contributed by atoms with Crippen molar-refractivity contribution in [2.45, 2.75) is 62.7 Å². The molecule has 256 valence electrons. The Morgan fingerprint density at radius 1 is 0.980 bits per heavy atom. The highest BCUT2D eigenvalue weighted by atomic mass is 32.1. The molecule has 14 nitrogen and oxygen atoms in total. The van der Waals surface area contributed by atoms with Crippen LogP contribution in [0.15, 0.2) is 54.6 Å². The van der Waals surface area contributed by atoms with Crippen LogP contribution >= 0.6 is 11.3 Å². The number of carbonyl (C=O) groups excluding carboxylic acids is 5. The Morgan fingerprint density at radius 3 is 2.55 bits per heavy atom. The lowest BCUT2D eigenvalue weighted by molar-refractivity contribution is -0.144. The molecule has 2 aliphatic heterocycles. The molecule has 15 heteroatoms. The van der Waals surface area contributed by atoms with Crippen LogP contribution in [-0.2, 0) is 26.2 Å². The van der Waals surface area contributed by atoms with Crippen LogP contribution in [0.1, 0.15) is 58.7 Å². The molecule has 2 aliphatic rings. The van der Waals surface area contributed by atoms with Crippen molar-refractivity contribution in [2.75, 3.05) is 13.1 Å². The van der Waals surface area contributed by atoms with E-state index in [2.05, 4.69) is 26.4 Å². The van der Waals surface area contributed by atoms with Crippen LogP contribution < -0.4 is 21.3 Å². The summed E-state index contributed by atoms with van der Waals surface area (Å²) in [5.41, 5.74) is 0.876. The van der Waals surface area contributed by atoms with E-state index >= 15 is 0 Å². The zero-order valence-electron chi connectivity index (χ0n) is 26.8. The molecule has 2 aromatic carbocycles. The average molecular weight is 688 g/mol. The van der Waals surface area contributed by atoms with Gasteiger partial charge in [0.25, 0.3) is 11.8 Å². The minimum atomic E-state index is -1.37. The number of carbonyl (C=O) groups is 6. The quantitative estimate of drug-likeness (QED) is 0.210. The smallest absolute Gasteiger partial charge is 0.326 e. The van der Waals surface area contributed by atoms with Gasteiger partial charge in [-0.15, -0.1) is 11.3 Å². The molecule has 2 saturated heterocycles. The van der Waals surface area contributed by atoms with Crippen LogP contribution in [0.4, 0.5) is 0 Å². The molecule has 6 rings (SSSR count). The van der Waals surface area contributed by atoms with Crippen LogP contribution in [-0.4, -0.2) is 92.5 Å². The lowest BCUT2D eigenvalue weighted by Gasteiger charge is -2.29. The number of carboxylic acids is 1. The maximum Gasteiger partial charge on any atom is 0.326 e. The van der Waals surface area contributed by atoms with Gasteiger partial charge < -0.3 is 31.3 Å². The Kier molecular flexibility index (Phi) is 9.90. The summed E-state index contributed by atoms with van der Waals surface area (Å²) >= 11 is 1.32. The van der Waals surface area contributed by atoms with Crippen molar-refractivity contribution in [3.05, 3.63) is 65.2 Å². The molecular weight excluding hydrogens is 650 g/mol. The standard InChI is InChI=1S/C34H37N7O7S/c1-40-24-11-4-3-9-21(24)29(39-40)32(45)37-22-10-6-7-15-35-28(42)14-13-23(34(47)48)38-30(43)25-17-20(18-41(25)33(22)46)36-31(44)27-16-19-8-2-5-12-26(19)49-27/h2-5,8-9,11-12,16,20,22-23,25H,6-7,10,13-15,17-18H2,1H3,(H,35,42)(H,36,44)(H,37,45)(H,38,43)(H,47,48)/t20-,22+,23+,25+/m1/s1. The van der Waals surface area contributed by atoms with Crippen molar-refractivity contribution >= 4 is 67.8 Å². The lowest BCUT2D eigenvalue weighted by Crippen LogP contribution is -2.55. The third-order valence-electron chi connectivity index (χ3n) is 8.96. The van der Waals surface area contributed by atoms with Crippen molar-refractivity contribution in [1.82, 2.24) is 35.9 Å². The molecular formula is C34H37N7O7S. The number of thiophene rings is 1. The van der Waals surface area contributed by atoms with E-state index in [1.54, 1.807) is 29.9 Å². The van der Waals surface area contributed by atoms with E-state index in [1.807, 2.05) is 36.4 Å². The van der Waals surface area contributed by atoms with Crippen molar-refractivity contribution in [3.63, 3.8) is 0 Å². The van der Waals surface area contributed by atoms with E-state index in [4.69, 9.17) is 0 Å². The van der Waals surface area contributed by atoms with E-state index in [0.717, 1.165) is 15.6 Å². The minimum Gasteiger partial charge on any atom is -0.480 e. The van der Waals surface area contributed by atoms with Crippen molar-refractivity contribution in [2.24, 2.45) is 7.05 Å². The number of hydrogen-bond acceptors (Lipinski definition) is 8. The molecule has 5 N–H and O–H groups in total. The van der Waals surface area contributed by atoms with Gasteiger partial charge in [-0.3, -0.25) is 28.7 Å². The summed E-state index contributed by atoms with van der Waals surface area (Å²) in [5, 5.41) is 26.8. The molecule has 2 aromatic heterocycles. The maximum atomic E-state index is 14.3. The van der Waals surface area contributed by atoms with Crippen molar-refractivity contribution in [1.29, 1.82) is 0 Å². The van der Waals surface area contributed by atoms with Gasteiger partial charge in [0.1, 0.15) is 18.1 Å². The first-order valence-electron chi connectivity index (χ1n) is 16.2. The van der Waals surface area contributed by atoms with Crippen LogP contribution in [0.2, 0.25) is 0 Å². The third kappa shape index (κ3) is 7.41. The Hall–Kier alpha value is -5.31. The summed E-state index contributed by atoms with van der Waals surface area (Å²) in [6.45, 7) is 0.255. The fourth-order valence-corrected chi connectivity index (χ4v) is 7.40. The van der Waals surface area contributed by atoms with Gasteiger partial charge in [-0.1, -0.05) is 36.4 Å². The lowest BCUT2D eigenvalue weighted by atomic mass is 10.1. The van der Waals surface area contributed by atoms with Gasteiger partial charge >= 0.3 is 5.97 Å². The number of benzene rings is 2. The molecule has 5 amide bonds. The molecule has 49 heavy (non-hydrogen) atoms. The number of aromatic nitrogens is 2. The van der Waals surface area contributed by atoms with Gasteiger partial charge in [0, 0.05) is 42.7 Å². The number of fused-ring (bicyclic) bond motifs is 3. The summed E-state index contributed by atoms with van der Waals surface area (Å²) in [5.74, 6) is -3.87. The first-order chi connectivity index (χ1) is 23.6. The third-order valence-corrected chi connectivity index (χ3v) is 10.1. The summed E-state index contributed by atoms with van der Waals surface area (Å²) in [6, 6.07) is 12.3. The highest BCUT2D eigenvalue weighted by Crippen LogP contribution is 2.27. The summed E-state index contributed by atoms with van der Waals surface area (Å²) in [6.07, 6.45) is 0.911. The van der Waals surface area contributed by atoms with E-state index in [1.165, 1.54) is 16.2 Å². The van der Waals surface area contributed by atoms with Gasteiger partial charge in [-0.25, -0.2) is 4.79 Å². The molecule has 0 radical (unpaired) electrons. The fraction of sp³-hybridized carbons (Fsp3) is 0.382. The number of carboxylic acid groups (broad SMARTS) is 1. The maximum absolute atomic E-state index is 14.3. The average Bonchev–Trinajstić information content (AvgIpc) is 3.80. The Balaban J connectivity index is 1.28. The van der Waals surface area contributed by atoms with Crippen molar-refractivity contribution < 1.29 is 33.9 Å². The SMILES string of the molecule is Cn1nc(C(=O)N[C@H]2CCCCNC(=O)CC[C@@H](C(=O)O)NC(=O)[C@@H]3C[C@@H](NC(=O)c4cc5ccccc5s4)CN3C2=O)c2ccccc21. The zero-order chi connectivity index (χ0) is 34.7. The van der Waals surface area contributed by atoms with E-state index in [0.29, 0.717) is 29.6 Å². The molecule has 0 saturated carbocycles. The molecule has 4 aromatic rings. The molecule has 0 unspecified atom stereocenters. The largest absolute Gasteiger partial charge is 0.480 e. The number of aliphatic carboxylic acids is 1. The predicted molar refractivity (Wildman–Crippen MR) is 181 cm³/mol. The highest BCUT2D eigenvalue weighted by Gasteiger charge is 2.43. The van der Waals surface area contributed by atoms with Gasteiger partial charge in [0.2, 0.25) is 17.7 Å². The van der Waals surface area contributed by atoms with E-state index in [-0.39, 0.29) is 49.7 Å². The topological polar surface area (TPSA) is 192 Å². The Labute approximate surface area is 285 Å². The minimum absolute atomic E-state index is 0.0204. The Morgan fingerprint density at radius 2 is 1.76 bits per heavy atom. The van der Waals surface area contributed by atoms with Crippen molar-refractivity contribution in [3.8, 4) is 0 Å². The first-order valence-corrected chi connectivity index (χ1v) is 17.0. The van der Waals surface area contributed by atoms with E-state index < -0.39 is 47.9 Å². The van der Waals surface area contributed by atoms with Gasteiger partial charge in [-0.05, 0) is 55.7 Å². The normalized spacial score (nSPS) is 22.5.